The van der Waals surface area contributed by atoms with Crippen molar-refractivity contribution in [3.63, 3.8) is 0 Å². The summed E-state index contributed by atoms with van der Waals surface area (Å²) in [6.45, 7) is 4.83. The van der Waals surface area contributed by atoms with Crippen molar-refractivity contribution in [1.82, 2.24) is 9.79 Å². The summed E-state index contributed by atoms with van der Waals surface area (Å²) in [4.78, 5) is 26.4. The molecule has 10 nitrogen and oxygen atoms in total. The molecule has 0 fully saturated rings. The number of para-hydroxylation sites is 1. The summed E-state index contributed by atoms with van der Waals surface area (Å²) in [5.74, 6) is -1.10. The predicted molar refractivity (Wildman–Crippen MR) is 95.2 cm³/mol. The van der Waals surface area contributed by atoms with Crippen molar-refractivity contribution < 1.29 is 28.1 Å². The lowest BCUT2D eigenvalue weighted by atomic mass is 10.0. The van der Waals surface area contributed by atoms with Crippen molar-refractivity contribution >= 4 is 21.7 Å². The number of benzene rings is 1. The van der Waals surface area contributed by atoms with Crippen molar-refractivity contribution in [2.24, 2.45) is 0 Å². The molecular formula is C16H19N3O7S. The van der Waals surface area contributed by atoms with E-state index < -0.39 is 43.6 Å². The molecule has 1 aliphatic heterocycles. The van der Waals surface area contributed by atoms with Crippen LogP contribution in [0.15, 0.2) is 53.5 Å². The lowest BCUT2D eigenvalue weighted by Crippen LogP contribution is -2.52. The van der Waals surface area contributed by atoms with Crippen molar-refractivity contribution in [3.05, 3.63) is 58.7 Å². The lowest BCUT2D eigenvalue weighted by molar-refractivity contribution is -0.387. The molecule has 1 aliphatic rings. The number of carbonyl (C=O) groups is 1. The van der Waals surface area contributed by atoms with Crippen LogP contribution in [0, 0.1) is 10.1 Å². The van der Waals surface area contributed by atoms with Crippen LogP contribution in [0.1, 0.15) is 6.92 Å². The van der Waals surface area contributed by atoms with Crippen molar-refractivity contribution in [2.45, 2.75) is 23.9 Å². The molecule has 1 heterocycles. The minimum Gasteiger partial charge on any atom is -0.480 e. The van der Waals surface area contributed by atoms with E-state index in [-0.39, 0.29) is 13.2 Å². The van der Waals surface area contributed by atoms with E-state index in [2.05, 4.69) is 11.9 Å². The molecule has 0 aromatic heterocycles. The number of nitro benzene ring substituents is 1. The second-order valence-corrected chi connectivity index (χ2v) is 7.47. The first-order valence-corrected chi connectivity index (χ1v) is 9.30. The maximum Gasteiger partial charge on any atom is 0.324 e. The van der Waals surface area contributed by atoms with Gasteiger partial charge < -0.3 is 5.11 Å². The molecule has 146 valence electrons. The molecular weight excluding hydrogens is 378 g/mol. The maximum atomic E-state index is 13.1. The van der Waals surface area contributed by atoms with E-state index in [9.17, 15) is 23.3 Å². The number of nitrogens with one attached hydrogen (secondary N) is 1. The van der Waals surface area contributed by atoms with Gasteiger partial charge in [0.25, 0.3) is 15.7 Å². The number of hydrogen-bond donors (Lipinski definition) is 2. The quantitative estimate of drug-likeness (QED) is 0.377. The summed E-state index contributed by atoms with van der Waals surface area (Å²) in [7, 11) is -4.43. The fraction of sp³-hybridized carbons (Fsp3) is 0.312. The number of hydroxylamine groups is 1. The van der Waals surface area contributed by atoms with Crippen LogP contribution in [0.4, 0.5) is 5.69 Å². The van der Waals surface area contributed by atoms with Crippen LogP contribution in [-0.4, -0.2) is 54.1 Å². The Hall–Kier alpha value is -2.60. The van der Waals surface area contributed by atoms with E-state index >= 15 is 0 Å². The van der Waals surface area contributed by atoms with Crippen molar-refractivity contribution in [3.8, 4) is 0 Å². The third-order valence-electron chi connectivity index (χ3n) is 3.90. The van der Waals surface area contributed by atoms with Gasteiger partial charge in [0.15, 0.2) is 4.90 Å². The number of sulfonamides is 1. The maximum absolute atomic E-state index is 13.1. The molecule has 0 saturated heterocycles. The van der Waals surface area contributed by atoms with Gasteiger partial charge >= 0.3 is 5.97 Å². The van der Waals surface area contributed by atoms with Crippen LogP contribution in [0.2, 0.25) is 0 Å². The average molecular weight is 397 g/mol. The van der Waals surface area contributed by atoms with Gasteiger partial charge in [0.2, 0.25) is 0 Å². The summed E-state index contributed by atoms with van der Waals surface area (Å²) in [6.07, 6.45) is 2.70. The highest BCUT2D eigenvalue weighted by Gasteiger charge is 2.39. The van der Waals surface area contributed by atoms with E-state index in [0.29, 0.717) is 10.0 Å². The second-order valence-electron chi connectivity index (χ2n) is 5.72. The van der Waals surface area contributed by atoms with Crippen LogP contribution in [0.3, 0.4) is 0 Å². The summed E-state index contributed by atoms with van der Waals surface area (Å²) >= 11 is 0. The highest BCUT2D eigenvalue weighted by Crippen LogP contribution is 2.30. The number of nitro groups is 1. The summed E-state index contributed by atoms with van der Waals surface area (Å²) in [6, 6.07) is 3.08. The molecule has 11 heteroatoms. The van der Waals surface area contributed by atoms with Gasteiger partial charge in [-0.25, -0.2) is 8.42 Å². The van der Waals surface area contributed by atoms with Gasteiger partial charge in [-0.2, -0.15) is 0 Å². The molecule has 0 spiro atoms. The van der Waals surface area contributed by atoms with Crippen molar-refractivity contribution in [2.75, 3.05) is 13.2 Å². The Bertz CT molecular complexity index is 882. The third kappa shape index (κ3) is 4.39. The lowest BCUT2D eigenvalue weighted by Gasteiger charge is -2.34. The van der Waals surface area contributed by atoms with Crippen LogP contribution in [0.25, 0.3) is 0 Å². The van der Waals surface area contributed by atoms with Crippen molar-refractivity contribution in [1.29, 1.82) is 0 Å². The number of hydrogen-bond acceptors (Lipinski definition) is 7. The standard InChI is InChI=1S/C16H19N3O7S/c1-3-8-26-19(14-10-17-12(16(20)21)9-11(14)2)27(24,25)15-7-5-4-6-13(15)18(22)23/h3-7,9,12,14,17H,1,8,10H2,2H3,(H,20,21). The molecule has 0 aliphatic carbocycles. The molecule has 2 unspecified atom stereocenters. The fourth-order valence-electron chi connectivity index (χ4n) is 2.61. The minimum atomic E-state index is -4.43. The van der Waals surface area contributed by atoms with Crippen LogP contribution in [-0.2, 0) is 19.7 Å². The molecule has 0 saturated carbocycles. The molecule has 2 atom stereocenters. The zero-order chi connectivity index (χ0) is 20.2. The number of carboxylic acids is 1. The predicted octanol–water partition coefficient (Wildman–Crippen LogP) is 1.07. The first-order valence-electron chi connectivity index (χ1n) is 7.86. The SMILES string of the molecule is C=CCON(C1CNC(C(=O)O)C=C1C)S(=O)(=O)c1ccccc1[N+](=O)[O-]. The van der Waals surface area contributed by atoms with E-state index in [4.69, 9.17) is 9.94 Å². The Labute approximate surface area is 155 Å². The Morgan fingerprint density at radius 3 is 2.74 bits per heavy atom. The van der Waals surface area contributed by atoms with Gasteiger partial charge in [-0.15, -0.1) is 6.58 Å². The molecule has 0 amide bonds. The Morgan fingerprint density at radius 1 is 1.52 bits per heavy atom. The molecule has 1 aromatic rings. The van der Waals surface area contributed by atoms with E-state index in [0.717, 1.165) is 12.1 Å². The van der Waals surface area contributed by atoms with E-state index in [1.165, 1.54) is 24.3 Å². The normalized spacial score (nSPS) is 20.1. The number of carboxylic acid groups (broad SMARTS) is 1. The van der Waals surface area contributed by atoms with Crippen LogP contribution >= 0.6 is 0 Å². The van der Waals surface area contributed by atoms with Gasteiger partial charge in [0, 0.05) is 12.6 Å². The zero-order valence-electron chi connectivity index (χ0n) is 14.4. The van der Waals surface area contributed by atoms with Gasteiger partial charge in [-0.05, 0) is 13.0 Å². The third-order valence-corrected chi connectivity index (χ3v) is 5.64. The summed E-state index contributed by atoms with van der Waals surface area (Å²) in [5.41, 5.74) is -0.147. The summed E-state index contributed by atoms with van der Waals surface area (Å²) < 4.78 is 26.9. The first kappa shape index (κ1) is 20.7. The van der Waals surface area contributed by atoms with E-state index in [1.54, 1.807) is 6.92 Å². The molecule has 0 radical (unpaired) electrons. The van der Waals surface area contributed by atoms with Gasteiger partial charge in [-0.3, -0.25) is 25.1 Å². The first-order chi connectivity index (χ1) is 12.7. The molecule has 2 rings (SSSR count). The number of nitrogens with zero attached hydrogens (tertiary/aromatic N) is 2. The van der Waals surface area contributed by atoms with Crippen LogP contribution < -0.4 is 5.32 Å². The minimum absolute atomic E-state index is 0.0453. The smallest absolute Gasteiger partial charge is 0.324 e. The van der Waals surface area contributed by atoms with Crippen LogP contribution in [0.5, 0.6) is 0 Å². The highest BCUT2D eigenvalue weighted by molar-refractivity contribution is 7.89. The van der Waals surface area contributed by atoms with Gasteiger partial charge in [0.1, 0.15) is 6.04 Å². The van der Waals surface area contributed by atoms with Gasteiger partial charge in [0.05, 0.1) is 17.6 Å². The fourth-order valence-corrected chi connectivity index (χ4v) is 4.23. The molecule has 27 heavy (non-hydrogen) atoms. The largest absolute Gasteiger partial charge is 0.480 e. The van der Waals surface area contributed by atoms with E-state index in [1.807, 2.05) is 0 Å². The number of aliphatic carboxylic acids is 1. The zero-order valence-corrected chi connectivity index (χ0v) is 15.3. The molecule has 2 N–H and O–H groups in total. The Morgan fingerprint density at radius 2 is 2.19 bits per heavy atom. The summed E-state index contributed by atoms with van der Waals surface area (Å²) in [5, 5.41) is 23.0. The highest BCUT2D eigenvalue weighted by atomic mass is 32.2. The van der Waals surface area contributed by atoms with Gasteiger partial charge in [-0.1, -0.05) is 34.3 Å². The molecule has 1 aromatic carbocycles. The Kier molecular flexibility index (Phi) is 6.44. The molecule has 0 bridgehead atoms. The Balaban J connectivity index is 2.51. The topological polar surface area (TPSA) is 139 Å². The average Bonchev–Trinajstić information content (AvgIpc) is 2.62. The second kappa shape index (κ2) is 8.39. The monoisotopic (exact) mass is 397 g/mol. The number of rotatable bonds is 8.